The van der Waals surface area contributed by atoms with Gasteiger partial charge >= 0.3 is 0 Å². The topological polar surface area (TPSA) is 43.8 Å². The molecule has 2 N–H and O–H groups in total. The Balaban J connectivity index is 2.05. The molecule has 2 atom stereocenters. The van der Waals surface area contributed by atoms with E-state index in [-0.39, 0.29) is 5.54 Å². The van der Waals surface area contributed by atoms with Crippen LogP contribution in [0.5, 0.6) is 0 Å². The van der Waals surface area contributed by atoms with Crippen molar-refractivity contribution in [1.29, 1.82) is 0 Å². The summed E-state index contributed by atoms with van der Waals surface area (Å²) >= 11 is 0. The Bertz CT molecular complexity index is 410. The Kier molecular flexibility index (Phi) is 4.67. The molecule has 108 valence electrons. The van der Waals surface area contributed by atoms with Gasteiger partial charge in [-0.2, -0.15) is 5.10 Å². The van der Waals surface area contributed by atoms with Gasteiger partial charge in [0.15, 0.2) is 0 Å². The maximum Gasteiger partial charge on any atom is 0.0624 e. The molecule has 0 bridgehead atoms. The van der Waals surface area contributed by atoms with Gasteiger partial charge < -0.3 is 5.73 Å². The molecule has 0 saturated heterocycles. The predicted molar refractivity (Wildman–Crippen MR) is 80.1 cm³/mol. The van der Waals surface area contributed by atoms with Gasteiger partial charge in [-0.15, -0.1) is 0 Å². The third kappa shape index (κ3) is 3.59. The molecule has 3 nitrogen and oxygen atoms in total. The van der Waals surface area contributed by atoms with Gasteiger partial charge in [-0.25, -0.2) is 0 Å². The number of aromatic nitrogens is 2. The van der Waals surface area contributed by atoms with Crippen LogP contribution in [-0.4, -0.2) is 15.3 Å². The van der Waals surface area contributed by atoms with Crippen LogP contribution in [0, 0.1) is 5.92 Å². The van der Waals surface area contributed by atoms with Crippen LogP contribution in [-0.2, 0) is 19.9 Å². The summed E-state index contributed by atoms with van der Waals surface area (Å²) in [6, 6.07) is 2.23. The molecule has 2 unspecified atom stereocenters. The quantitative estimate of drug-likeness (QED) is 0.848. The van der Waals surface area contributed by atoms with Crippen LogP contribution in [0.25, 0.3) is 0 Å². The van der Waals surface area contributed by atoms with E-state index in [4.69, 9.17) is 5.73 Å². The fourth-order valence-corrected chi connectivity index (χ4v) is 3.36. The van der Waals surface area contributed by atoms with E-state index in [2.05, 4.69) is 25.0 Å². The van der Waals surface area contributed by atoms with E-state index in [1.54, 1.807) is 0 Å². The molecule has 1 aliphatic carbocycles. The third-order valence-electron chi connectivity index (χ3n) is 4.84. The van der Waals surface area contributed by atoms with Crippen molar-refractivity contribution in [1.82, 2.24) is 9.78 Å². The lowest BCUT2D eigenvalue weighted by atomic mass is 9.86. The lowest BCUT2D eigenvalue weighted by Gasteiger charge is -2.28. The standard InChI is InChI=1S/C16H29N3/c1-4-13-7-6-9-16(17,10-8-13)12-15-11-14(5-2)18-19(15)3/h11,13H,4-10,12,17H2,1-3H3. The van der Waals surface area contributed by atoms with Crippen molar-refractivity contribution in [3.05, 3.63) is 17.5 Å². The molecule has 1 fully saturated rings. The monoisotopic (exact) mass is 263 g/mol. The summed E-state index contributed by atoms with van der Waals surface area (Å²) in [5, 5.41) is 4.54. The summed E-state index contributed by atoms with van der Waals surface area (Å²) < 4.78 is 2.02. The molecule has 0 spiro atoms. The van der Waals surface area contributed by atoms with Crippen molar-refractivity contribution in [2.75, 3.05) is 0 Å². The van der Waals surface area contributed by atoms with Gasteiger partial charge in [0.25, 0.3) is 0 Å². The van der Waals surface area contributed by atoms with Gasteiger partial charge in [0, 0.05) is 24.7 Å². The summed E-state index contributed by atoms with van der Waals surface area (Å²) in [6.07, 6.45) is 9.56. The zero-order chi connectivity index (χ0) is 13.9. The molecule has 19 heavy (non-hydrogen) atoms. The first-order valence-electron chi connectivity index (χ1n) is 7.87. The average Bonchev–Trinajstić information content (AvgIpc) is 2.62. The molecule has 0 radical (unpaired) electrons. The normalized spacial score (nSPS) is 28.3. The zero-order valence-electron chi connectivity index (χ0n) is 12.8. The Hall–Kier alpha value is -0.830. The maximum absolute atomic E-state index is 6.69. The van der Waals surface area contributed by atoms with Crippen LogP contribution < -0.4 is 5.73 Å². The Labute approximate surface area is 117 Å². The molecule has 0 aromatic carbocycles. The maximum atomic E-state index is 6.69. The van der Waals surface area contributed by atoms with Crippen LogP contribution in [0.3, 0.4) is 0 Å². The van der Waals surface area contributed by atoms with Gasteiger partial charge in [-0.05, 0) is 37.7 Å². The second-order valence-electron chi connectivity index (χ2n) is 6.35. The largest absolute Gasteiger partial charge is 0.325 e. The minimum atomic E-state index is -0.0112. The second kappa shape index (κ2) is 6.08. The van der Waals surface area contributed by atoms with Crippen molar-refractivity contribution in [3.8, 4) is 0 Å². The van der Waals surface area contributed by atoms with Crippen molar-refractivity contribution in [3.63, 3.8) is 0 Å². The number of hydrogen-bond acceptors (Lipinski definition) is 2. The van der Waals surface area contributed by atoms with Crippen LogP contribution >= 0.6 is 0 Å². The Morgan fingerprint density at radius 1 is 1.37 bits per heavy atom. The number of rotatable bonds is 4. The molecule has 0 aliphatic heterocycles. The summed E-state index contributed by atoms with van der Waals surface area (Å²) in [4.78, 5) is 0. The molecule has 1 aliphatic rings. The molecular formula is C16H29N3. The summed E-state index contributed by atoms with van der Waals surface area (Å²) in [5.41, 5.74) is 9.16. The highest BCUT2D eigenvalue weighted by atomic mass is 15.3. The van der Waals surface area contributed by atoms with E-state index in [0.717, 1.165) is 31.6 Å². The number of aryl methyl sites for hydroxylation is 2. The first-order valence-corrected chi connectivity index (χ1v) is 7.87. The molecule has 1 aromatic rings. The second-order valence-corrected chi connectivity index (χ2v) is 6.35. The molecule has 3 heteroatoms. The lowest BCUT2D eigenvalue weighted by Crippen LogP contribution is -2.42. The van der Waals surface area contributed by atoms with Crippen molar-refractivity contribution in [2.24, 2.45) is 18.7 Å². The minimum absolute atomic E-state index is 0.0112. The van der Waals surface area contributed by atoms with Gasteiger partial charge in [-0.3, -0.25) is 4.68 Å². The third-order valence-corrected chi connectivity index (χ3v) is 4.84. The molecular weight excluding hydrogens is 234 g/mol. The number of nitrogens with two attached hydrogens (primary N) is 1. The van der Waals surface area contributed by atoms with Gasteiger partial charge in [0.2, 0.25) is 0 Å². The molecule has 0 amide bonds. The van der Waals surface area contributed by atoms with E-state index in [9.17, 15) is 0 Å². The Morgan fingerprint density at radius 2 is 2.16 bits per heavy atom. The Morgan fingerprint density at radius 3 is 2.79 bits per heavy atom. The SMILES string of the molecule is CCc1cc(CC2(N)CCCC(CC)CC2)n(C)n1. The highest BCUT2D eigenvalue weighted by Crippen LogP contribution is 2.32. The van der Waals surface area contributed by atoms with E-state index in [1.807, 2.05) is 11.7 Å². The molecule has 1 heterocycles. The number of hydrogen-bond donors (Lipinski definition) is 1. The first-order chi connectivity index (χ1) is 9.06. The number of nitrogens with zero attached hydrogens (tertiary/aromatic N) is 2. The van der Waals surface area contributed by atoms with Crippen molar-refractivity contribution in [2.45, 2.75) is 70.8 Å². The average molecular weight is 263 g/mol. The summed E-state index contributed by atoms with van der Waals surface area (Å²) in [7, 11) is 2.05. The predicted octanol–water partition coefficient (Wildman–Crippen LogP) is 3.21. The molecule has 1 saturated carbocycles. The molecule has 2 rings (SSSR count). The fraction of sp³-hybridized carbons (Fsp3) is 0.812. The smallest absolute Gasteiger partial charge is 0.0624 e. The van der Waals surface area contributed by atoms with Crippen LogP contribution in [0.4, 0.5) is 0 Å². The van der Waals surface area contributed by atoms with Crippen LogP contribution in [0.1, 0.15) is 63.8 Å². The van der Waals surface area contributed by atoms with Gasteiger partial charge in [0.05, 0.1) is 5.69 Å². The van der Waals surface area contributed by atoms with E-state index in [1.165, 1.54) is 37.1 Å². The summed E-state index contributed by atoms with van der Waals surface area (Å²) in [6.45, 7) is 4.46. The first kappa shape index (κ1) is 14.6. The van der Waals surface area contributed by atoms with E-state index < -0.39 is 0 Å². The van der Waals surface area contributed by atoms with Crippen LogP contribution in [0.15, 0.2) is 6.07 Å². The highest BCUT2D eigenvalue weighted by molar-refractivity contribution is 5.13. The lowest BCUT2D eigenvalue weighted by molar-refractivity contribution is 0.351. The van der Waals surface area contributed by atoms with E-state index in [0.29, 0.717) is 0 Å². The van der Waals surface area contributed by atoms with Gasteiger partial charge in [-0.1, -0.05) is 33.1 Å². The van der Waals surface area contributed by atoms with E-state index >= 15 is 0 Å². The zero-order valence-corrected chi connectivity index (χ0v) is 12.8. The van der Waals surface area contributed by atoms with Crippen molar-refractivity contribution >= 4 is 0 Å². The van der Waals surface area contributed by atoms with Crippen molar-refractivity contribution < 1.29 is 0 Å². The fourth-order valence-electron chi connectivity index (χ4n) is 3.36. The van der Waals surface area contributed by atoms with Gasteiger partial charge in [0.1, 0.15) is 0 Å². The summed E-state index contributed by atoms with van der Waals surface area (Å²) in [5.74, 6) is 0.892. The minimum Gasteiger partial charge on any atom is -0.325 e. The molecule has 1 aromatic heterocycles. The van der Waals surface area contributed by atoms with Crippen LogP contribution in [0.2, 0.25) is 0 Å². The highest BCUT2D eigenvalue weighted by Gasteiger charge is 2.30.